The molecule has 4 N–H and O–H groups in total. The molecule has 6 heavy (non-hydrogen) atoms. The van der Waals surface area contributed by atoms with Gasteiger partial charge in [0, 0.05) is 19.5 Å². The van der Waals surface area contributed by atoms with Crippen LogP contribution in [-0.4, -0.2) is 11.0 Å². The molecule has 0 atom stereocenters. The molecule has 6 heteroatoms. The Bertz CT molecular complexity index is 8.75. The van der Waals surface area contributed by atoms with Gasteiger partial charge in [-0.15, -0.1) is 37.2 Å². The summed E-state index contributed by atoms with van der Waals surface area (Å²) in [7, 11) is 0. The van der Waals surface area contributed by atoms with Crippen LogP contribution in [0.15, 0.2) is 0 Å². The Morgan fingerprint density at radius 3 is 0.500 bits per heavy atom. The van der Waals surface area contributed by atoms with E-state index in [1.165, 1.54) is 0 Å². The number of halogens is 3. The van der Waals surface area contributed by atoms with E-state index in [2.05, 4.69) is 0 Å². The molecule has 0 aromatic heterocycles. The summed E-state index contributed by atoms with van der Waals surface area (Å²) < 4.78 is 0. The van der Waals surface area contributed by atoms with Gasteiger partial charge in [0.1, 0.15) is 0 Å². The van der Waals surface area contributed by atoms with Crippen LogP contribution in [0.1, 0.15) is 0 Å². The predicted molar refractivity (Wildman–Crippen MR) is 29.0 cm³/mol. The molecule has 0 unspecified atom stereocenters. The van der Waals surface area contributed by atoms with E-state index in [1.54, 1.807) is 0 Å². The van der Waals surface area contributed by atoms with Crippen LogP contribution in [0, 0.1) is 0 Å². The summed E-state index contributed by atoms with van der Waals surface area (Å²) >= 11 is 0. The Kier molecular flexibility index (Phi) is 2390. The minimum Gasteiger partial charge on any atom is -0.412 e. The van der Waals surface area contributed by atoms with Gasteiger partial charge in [0.15, 0.2) is 0 Å². The van der Waals surface area contributed by atoms with Crippen molar-refractivity contribution in [2.45, 2.75) is 0 Å². The molecule has 0 bridgehead atoms. The fraction of sp³-hybridized carbons (Fsp3) is 0. The molecule has 2 nitrogen and oxygen atoms in total. The van der Waals surface area contributed by atoms with Gasteiger partial charge in [-0.3, -0.25) is 0 Å². The second-order valence-corrected chi connectivity index (χ2v) is 0. The van der Waals surface area contributed by atoms with Gasteiger partial charge in [0.2, 0.25) is 0 Å². The Morgan fingerprint density at radius 2 is 0.500 bits per heavy atom. The molecule has 1 radical (unpaired) electrons. The van der Waals surface area contributed by atoms with Gasteiger partial charge in [-0.2, -0.15) is 0 Å². The molecule has 0 rings (SSSR count). The van der Waals surface area contributed by atoms with Crippen molar-refractivity contribution in [3.05, 3.63) is 0 Å². The number of hydrogen-bond donors (Lipinski definition) is 0. The zero-order valence-electron chi connectivity index (χ0n) is 2.56. The fourth-order valence-electron chi connectivity index (χ4n) is 0. The Labute approximate surface area is 67.7 Å². The van der Waals surface area contributed by atoms with E-state index in [0.29, 0.717) is 0 Å². The van der Waals surface area contributed by atoms with Crippen LogP contribution in [0.25, 0.3) is 0 Å². The van der Waals surface area contributed by atoms with Crippen LogP contribution in [-0.2, 0) is 19.5 Å². The van der Waals surface area contributed by atoms with Crippen LogP contribution in [0.3, 0.4) is 0 Å². The van der Waals surface area contributed by atoms with Crippen molar-refractivity contribution in [1.29, 1.82) is 0 Å². The third-order valence-corrected chi connectivity index (χ3v) is 0. The Balaban J connectivity index is 0. The summed E-state index contributed by atoms with van der Waals surface area (Å²) in [6.07, 6.45) is 0. The van der Waals surface area contributed by atoms with Crippen LogP contribution < -0.4 is 0 Å². The Morgan fingerprint density at radius 1 is 0.500 bits per heavy atom. The van der Waals surface area contributed by atoms with Crippen LogP contribution in [0.5, 0.6) is 0 Å². The predicted octanol–water partition coefficient (Wildman–Crippen LogP) is -0.386. The number of rotatable bonds is 0. The van der Waals surface area contributed by atoms with Gasteiger partial charge >= 0.3 is 0 Å². The van der Waals surface area contributed by atoms with Crippen molar-refractivity contribution < 1.29 is 30.4 Å². The minimum atomic E-state index is 0. The van der Waals surface area contributed by atoms with Crippen LogP contribution >= 0.6 is 37.2 Å². The van der Waals surface area contributed by atoms with Gasteiger partial charge in [-0.05, 0) is 0 Å². The maximum Gasteiger partial charge on any atom is 0 e. The standard InChI is InChI=1S/3ClH.2H2O.Rh/h3*1H;2*1H2;. The molecule has 0 saturated carbocycles. The van der Waals surface area contributed by atoms with Crippen molar-refractivity contribution in [1.82, 2.24) is 0 Å². The molecule has 0 aliphatic carbocycles. The molecule has 0 aliphatic heterocycles. The van der Waals surface area contributed by atoms with Crippen molar-refractivity contribution in [3.63, 3.8) is 0 Å². The smallest absolute Gasteiger partial charge is 0 e. The fourth-order valence-corrected chi connectivity index (χ4v) is 0. The quantitative estimate of drug-likeness (QED) is 0.524. The first-order valence-electron chi connectivity index (χ1n) is 0. The molecule has 0 aromatic rings. The molecular formula is H7Cl3O2Rh. The largest absolute Gasteiger partial charge is 0.412 e. The minimum absolute atomic E-state index is 0. The third-order valence-electron chi connectivity index (χ3n) is 0. The maximum atomic E-state index is 0. The van der Waals surface area contributed by atoms with E-state index in [0.717, 1.165) is 0 Å². The molecule has 0 heterocycles. The van der Waals surface area contributed by atoms with Crippen molar-refractivity contribution in [2.75, 3.05) is 0 Å². The van der Waals surface area contributed by atoms with Crippen molar-refractivity contribution >= 4 is 37.2 Å². The van der Waals surface area contributed by atoms with E-state index < -0.39 is 0 Å². The molecular weight excluding hydrogens is 241 g/mol. The van der Waals surface area contributed by atoms with Crippen molar-refractivity contribution in [3.8, 4) is 0 Å². The summed E-state index contributed by atoms with van der Waals surface area (Å²) in [5, 5.41) is 0. The number of hydrogen-bond acceptors (Lipinski definition) is 0. The van der Waals surface area contributed by atoms with Gasteiger partial charge in [-0.1, -0.05) is 0 Å². The first-order chi connectivity index (χ1) is 0. The average Bonchev–Trinajstić information content (AvgIpc) is 0. The summed E-state index contributed by atoms with van der Waals surface area (Å²) in [6, 6.07) is 0. The summed E-state index contributed by atoms with van der Waals surface area (Å²) in [6.45, 7) is 0. The summed E-state index contributed by atoms with van der Waals surface area (Å²) in [4.78, 5) is 0. The zero-order valence-corrected chi connectivity index (χ0v) is 6.65. The second-order valence-electron chi connectivity index (χ2n) is 0. The van der Waals surface area contributed by atoms with Crippen molar-refractivity contribution in [2.24, 2.45) is 0 Å². The Hall–Kier alpha value is 1.41. The SMILES string of the molecule is Cl.Cl.Cl.O.O.[Rh]. The maximum absolute atomic E-state index is 0. The molecule has 0 aliphatic rings. The molecule has 49 valence electrons. The molecule has 0 spiro atoms. The first-order valence-corrected chi connectivity index (χ1v) is 0. The van der Waals surface area contributed by atoms with E-state index >= 15 is 0 Å². The monoisotopic (exact) mass is 247 g/mol. The van der Waals surface area contributed by atoms with Gasteiger partial charge < -0.3 is 11.0 Å². The topological polar surface area (TPSA) is 63.0 Å². The van der Waals surface area contributed by atoms with Gasteiger partial charge in [0.25, 0.3) is 0 Å². The first kappa shape index (κ1) is 153. The molecule has 0 saturated heterocycles. The van der Waals surface area contributed by atoms with Gasteiger partial charge in [-0.25, -0.2) is 0 Å². The summed E-state index contributed by atoms with van der Waals surface area (Å²) in [5.41, 5.74) is 0. The van der Waals surface area contributed by atoms with E-state index in [-0.39, 0.29) is 67.7 Å². The molecule has 0 amide bonds. The average molecular weight is 248 g/mol. The molecule has 0 aromatic carbocycles. The van der Waals surface area contributed by atoms with Crippen LogP contribution in [0.4, 0.5) is 0 Å². The van der Waals surface area contributed by atoms with E-state index in [9.17, 15) is 0 Å². The van der Waals surface area contributed by atoms with Crippen LogP contribution in [0.2, 0.25) is 0 Å². The zero-order chi connectivity index (χ0) is 0. The normalized spacial score (nSPS) is 0. The molecule has 0 fully saturated rings. The second kappa shape index (κ2) is 94.1. The van der Waals surface area contributed by atoms with E-state index in [4.69, 9.17) is 0 Å². The summed E-state index contributed by atoms with van der Waals surface area (Å²) in [5.74, 6) is 0. The van der Waals surface area contributed by atoms with Gasteiger partial charge in [0.05, 0.1) is 0 Å². The van der Waals surface area contributed by atoms with E-state index in [1.807, 2.05) is 0 Å². The third kappa shape index (κ3) is 52.8.